The highest BCUT2D eigenvalue weighted by Crippen LogP contribution is 2.37. The summed E-state index contributed by atoms with van der Waals surface area (Å²) in [6.45, 7) is 3.01. The summed E-state index contributed by atoms with van der Waals surface area (Å²) in [5.74, 6) is 0.748. The van der Waals surface area contributed by atoms with Crippen molar-refractivity contribution in [3.05, 3.63) is 83.7 Å². The monoisotopic (exact) mass is 382 g/mol. The van der Waals surface area contributed by atoms with E-state index in [-0.39, 0.29) is 6.04 Å². The maximum Gasteiger partial charge on any atom is 0.244 e. The molecule has 3 aromatic rings. The highest BCUT2D eigenvalue weighted by molar-refractivity contribution is 7.89. The van der Waals surface area contributed by atoms with E-state index in [1.165, 1.54) is 0 Å². The molecule has 0 radical (unpaired) electrons. The van der Waals surface area contributed by atoms with Gasteiger partial charge in [-0.05, 0) is 48.9 Å². The van der Waals surface area contributed by atoms with Crippen LogP contribution in [0.5, 0.6) is 5.75 Å². The summed E-state index contributed by atoms with van der Waals surface area (Å²) in [6, 6.07) is 18.2. The van der Waals surface area contributed by atoms with Crippen molar-refractivity contribution in [3.8, 4) is 5.75 Å². The third-order valence-corrected chi connectivity index (χ3v) is 6.93. The van der Waals surface area contributed by atoms with Crippen LogP contribution in [0, 0.1) is 6.92 Å². The molecule has 4 rings (SSSR count). The van der Waals surface area contributed by atoms with Crippen molar-refractivity contribution in [2.75, 3.05) is 13.7 Å². The largest absolute Gasteiger partial charge is 0.497 e. The summed E-state index contributed by atoms with van der Waals surface area (Å²) >= 11 is 0. The summed E-state index contributed by atoms with van der Waals surface area (Å²) in [5, 5.41) is 0. The van der Waals surface area contributed by atoms with Crippen molar-refractivity contribution in [1.82, 2.24) is 8.87 Å². The van der Waals surface area contributed by atoms with Gasteiger partial charge in [0.05, 0.1) is 18.0 Å². The number of hydrogen-bond acceptors (Lipinski definition) is 3. The first kappa shape index (κ1) is 17.8. The lowest BCUT2D eigenvalue weighted by Crippen LogP contribution is -2.42. The summed E-state index contributed by atoms with van der Waals surface area (Å²) in [4.78, 5) is 0.326. The van der Waals surface area contributed by atoms with E-state index >= 15 is 0 Å². The second-order valence-electron chi connectivity index (χ2n) is 6.73. The van der Waals surface area contributed by atoms with Crippen LogP contribution in [-0.4, -0.2) is 30.9 Å². The van der Waals surface area contributed by atoms with Crippen LogP contribution in [0.3, 0.4) is 0 Å². The Morgan fingerprint density at radius 1 is 0.963 bits per heavy atom. The quantitative estimate of drug-likeness (QED) is 0.693. The topological polar surface area (TPSA) is 51.5 Å². The molecule has 6 heteroatoms. The first-order valence-electron chi connectivity index (χ1n) is 8.88. The molecule has 0 spiro atoms. The number of methoxy groups -OCH3 is 1. The van der Waals surface area contributed by atoms with Crippen molar-refractivity contribution in [2.45, 2.75) is 24.4 Å². The molecule has 0 aliphatic carbocycles. The van der Waals surface area contributed by atoms with Crippen LogP contribution >= 0.6 is 0 Å². The summed E-state index contributed by atoms with van der Waals surface area (Å²) in [7, 11) is -2.00. The first-order chi connectivity index (χ1) is 13.0. The summed E-state index contributed by atoms with van der Waals surface area (Å²) in [5.41, 5.74) is 2.93. The number of aryl methyl sites for hydroxylation is 1. The van der Waals surface area contributed by atoms with Gasteiger partial charge >= 0.3 is 0 Å². The normalized spacial score (nSPS) is 17.5. The minimum atomic E-state index is -3.62. The number of rotatable bonds is 4. The fraction of sp³-hybridized carbons (Fsp3) is 0.238. The number of sulfonamides is 1. The third kappa shape index (κ3) is 3.15. The van der Waals surface area contributed by atoms with E-state index < -0.39 is 10.0 Å². The van der Waals surface area contributed by atoms with Crippen LogP contribution in [0.1, 0.15) is 22.9 Å². The van der Waals surface area contributed by atoms with Gasteiger partial charge in [0.2, 0.25) is 10.0 Å². The fourth-order valence-corrected chi connectivity index (χ4v) is 5.17. The van der Waals surface area contributed by atoms with Crippen molar-refractivity contribution >= 4 is 10.0 Å². The Hall–Kier alpha value is -2.57. The van der Waals surface area contributed by atoms with E-state index in [9.17, 15) is 8.42 Å². The summed E-state index contributed by atoms with van der Waals surface area (Å²) in [6.07, 6.45) is 2.00. The predicted molar refractivity (Wildman–Crippen MR) is 104 cm³/mol. The Kier molecular flexibility index (Phi) is 4.53. The van der Waals surface area contributed by atoms with Gasteiger partial charge in [-0.2, -0.15) is 4.31 Å². The van der Waals surface area contributed by atoms with E-state index in [0.29, 0.717) is 18.0 Å². The van der Waals surface area contributed by atoms with Gasteiger partial charge in [-0.15, -0.1) is 0 Å². The lowest BCUT2D eigenvalue weighted by molar-refractivity contribution is 0.298. The number of aromatic nitrogens is 1. The van der Waals surface area contributed by atoms with Gasteiger partial charge in [0.25, 0.3) is 0 Å². The standard InChI is InChI=1S/C21H22N2O3S/c1-16-5-11-19(12-6-16)27(24,25)23-15-14-22-13-3-4-20(22)21(23)17-7-9-18(26-2)10-8-17/h3-13,21H,14-15H2,1-2H3/t21-/m0/s1. The highest BCUT2D eigenvalue weighted by atomic mass is 32.2. The molecule has 1 aliphatic heterocycles. The zero-order chi connectivity index (χ0) is 19.0. The van der Waals surface area contributed by atoms with E-state index in [4.69, 9.17) is 4.74 Å². The fourth-order valence-electron chi connectivity index (χ4n) is 3.59. The average molecular weight is 382 g/mol. The van der Waals surface area contributed by atoms with Gasteiger partial charge in [0.1, 0.15) is 5.75 Å². The van der Waals surface area contributed by atoms with Gasteiger partial charge < -0.3 is 9.30 Å². The Bertz CT molecular complexity index is 1040. The number of benzene rings is 2. The minimum absolute atomic E-state index is 0.326. The van der Waals surface area contributed by atoms with Gasteiger partial charge in [0, 0.05) is 25.0 Å². The van der Waals surface area contributed by atoms with Crippen molar-refractivity contribution in [3.63, 3.8) is 0 Å². The molecule has 27 heavy (non-hydrogen) atoms. The maximum atomic E-state index is 13.4. The van der Waals surface area contributed by atoms with Gasteiger partial charge in [-0.3, -0.25) is 0 Å². The summed E-state index contributed by atoms with van der Waals surface area (Å²) < 4.78 is 35.8. The Labute approximate surface area is 159 Å². The van der Waals surface area contributed by atoms with Gasteiger partial charge in [0.15, 0.2) is 0 Å². The number of hydrogen-bond donors (Lipinski definition) is 0. The molecule has 0 saturated carbocycles. The maximum absolute atomic E-state index is 13.4. The predicted octanol–water partition coefficient (Wildman–Crippen LogP) is 3.60. The Morgan fingerprint density at radius 2 is 1.67 bits per heavy atom. The van der Waals surface area contributed by atoms with E-state index in [0.717, 1.165) is 22.6 Å². The van der Waals surface area contributed by atoms with Crippen molar-refractivity contribution < 1.29 is 13.2 Å². The highest BCUT2D eigenvalue weighted by Gasteiger charge is 2.37. The lowest BCUT2D eigenvalue weighted by Gasteiger charge is -2.36. The van der Waals surface area contributed by atoms with Crippen LogP contribution < -0.4 is 4.74 Å². The van der Waals surface area contributed by atoms with Crippen molar-refractivity contribution in [1.29, 1.82) is 0 Å². The minimum Gasteiger partial charge on any atom is -0.497 e. The Balaban J connectivity index is 1.81. The molecule has 1 aliphatic rings. The molecule has 0 amide bonds. The molecule has 2 heterocycles. The molecule has 0 unspecified atom stereocenters. The third-order valence-electron chi connectivity index (χ3n) is 5.05. The van der Waals surface area contributed by atoms with Gasteiger partial charge in [-0.25, -0.2) is 8.42 Å². The SMILES string of the molecule is COc1ccc([C@H]2c3cccn3CCN2S(=O)(=O)c2ccc(C)cc2)cc1. The van der Waals surface area contributed by atoms with Crippen LogP contribution in [-0.2, 0) is 16.6 Å². The smallest absolute Gasteiger partial charge is 0.244 e. The van der Waals surface area contributed by atoms with Crippen molar-refractivity contribution in [2.24, 2.45) is 0 Å². The second-order valence-corrected chi connectivity index (χ2v) is 8.62. The number of ether oxygens (including phenoxy) is 1. The molecule has 5 nitrogen and oxygen atoms in total. The second kappa shape index (κ2) is 6.87. The molecule has 2 aromatic carbocycles. The molecular formula is C21H22N2O3S. The lowest BCUT2D eigenvalue weighted by atomic mass is 10.0. The van der Waals surface area contributed by atoms with Crippen LogP contribution in [0.25, 0.3) is 0 Å². The molecule has 0 bridgehead atoms. The molecule has 0 fully saturated rings. The zero-order valence-corrected chi connectivity index (χ0v) is 16.2. The number of nitrogens with zero attached hydrogens (tertiary/aromatic N) is 2. The molecule has 0 saturated heterocycles. The molecular weight excluding hydrogens is 360 g/mol. The zero-order valence-electron chi connectivity index (χ0n) is 15.4. The number of fused-ring (bicyclic) bond motifs is 1. The van der Waals surface area contributed by atoms with Crippen LogP contribution in [0.2, 0.25) is 0 Å². The van der Waals surface area contributed by atoms with Gasteiger partial charge in [-0.1, -0.05) is 29.8 Å². The molecule has 140 valence electrons. The molecule has 1 atom stereocenters. The average Bonchev–Trinajstić information content (AvgIpc) is 3.16. The Morgan fingerprint density at radius 3 is 2.33 bits per heavy atom. The van der Waals surface area contributed by atoms with E-state index in [2.05, 4.69) is 4.57 Å². The van der Waals surface area contributed by atoms with E-state index in [1.54, 1.807) is 23.5 Å². The van der Waals surface area contributed by atoms with Crippen LogP contribution in [0.15, 0.2) is 71.8 Å². The van der Waals surface area contributed by atoms with Crippen LogP contribution in [0.4, 0.5) is 0 Å². The first-order valence-corrected chi connectivity index (χ1v) is 10.3. The molecule has 0 N–H and O–H groups in total. The van der Waals surface area contributed by atoms with E-state index in [1.807, 2.05) is 61.7 Å². The molecule has 1 aromatic heterocycles.